The number of anilines is 1. The van der Waals surface area contributed by atoms with Crippen molar-refractivity contribution in [3.8, 4) is 5.75 Å². The second-order valence-corrected chi connectivity index (χ2v) is 7.23. The van der Waals surface area contributed by atoms with Crippen LogP contribution in [0.5, 0.6) is 5.75 Å². The van der Waals surface area contributed by atoms with E-state index < -0.39 is 15.9 Å². The van der Waals surface area contributed by atoms with Crippen LogP contribution in [0.3, 0.4) is 0 Å². The van der Waals surface area contributed by atoms with Crippen molar-refractivity contribution in [3.63, 3.8) is 0 Å². The van der Waals surface area contributed by atoms with Gasteiger partial charge >= 0.3 is 5.69 Å². The molecule has 8 nitrogen and oxygen atoms in total. The van der Waals surface area contributed by atoms with E-state index in [4.69, 9.17) is 15.2 Å². The van der Waals surface area contributed by atoms with Gasteiger partial charge in [-0.2, -0.15) is 0 Å². The first-order chi connectivity index (χ1) is 11.7. The average Bonchev–Trinajstić information content (AvgIpc) is 2.60. The predicted octanol–water partition coefficient (Wildman–Crippen LogP) is 2.07. The zero-order chi connectivity index (χ0) is 18.4. The zero-order valence-corrected chi connectivity index (χ0v) is 14.6. The van der Waals surface area contributed by atoms with Gasteiger partial charge in [-0.05, 0) is 25.0 Å². The first-order valence-electron chi connectivity index (χ1n) is 8.28. The molecule has 0 spiro atoms. The molecule has 136 valence electrons. The van der Waals surface area contributed by atoms with Crippen molar-refractivity contribution < 1.29 is 19.2 Å². The van der Waals surface area contributed by atoms with Gasteiger partial charge in [0.05, 0.1) is 18.1 Å². The summed E-state index contributed by atoms with van der Waals surface area (Å²) in [6, 6.07) is 4.30. The predicted molar refractivity (Wildman–Crippen MR) is 91.4 cm³/mol. The second-order valence-electron chi connectivity index (χ2n) is 7.23. The van der Waals surface area contributed by atoms with Crippen LogP contribution in [0.4, 0.5) is 11.4 Å². The third-order valence-electron chi connectivity index (χ3n) is 5.69. The molecule has 3 atom stereocenters. The van der Waals surface area contributed by atoms with E-state index >= 15 is 0 Å². The summed E-state index contributed by atoms with van der Waals surface area (Å²) in [4.78, 5) is 23.5. The molecule has 1 saturated heterocycles. The Morgan fingerprint density at radius 2 is 2.20 bits per heavy atom. The second kappa shape index (κ2) is 5.96. The molecule has 1 heterocycles. The molecule has 0 aromatic heterocycles. The van der Waals surface area contributed by atoms with E-state index in [1.807, 2.05) is 13.8 Å². The number of carbonyl (C=O) groups excluding carboxylic acids is 1. The van der Waals surface area contributed by atoms with Crippen LogP contribution in [0, 0.1) is 21.4 Å². The highest BCUT2D eigenvalue weighted by molar-refractivity contribution is 6.00. The van der Waals surface area contributed by atoms with Gasteiger partial charge < -0.3 is 20.5 Å². The number of carbonyl (C=O) groups is 1. The van der Waals surface area contributed by atoms with Gasteiger partial charge in [-0.1, -0.05) is 13.8 Å². The van der Waals surface area contributed by atoms with Crippen molar-refractivity contribution in [2.75, 3.05) is 19.0 Å². The normalized spacial score (nSPS) is 29.9. The molecule has 2 fully saturated rings. The number of fused-ring (bicyclic) bond motifs is 1. The molecular formula is C17H23N3O5. The summed E-state index contributed by atoms with van der Waals surface area (Å²) in [5.41, 5.74) is 5.05. The number of methoxy groups -OCH3 is 1. The van der Waals surface area contributed by atoms with E-state index in [1.54, 1.807) is 6.07 Å². The number of rotatable bonds is 4. The summed E-state index contributed by atoms with van der Waals surface area (Å²) in [5.74, 6) is -0.261. The Balaban J connectivity index is 1.85. The molecule has 3 unspecified atom stereocenters. The van der Waals surface area contributed by atoms with Gasteiger partial charge in [0, 0.05) is 29.7 Å². The summed E-state index contributed by atoms with van der Waals surface area (Å²) in [7, 11) is 1.36. The maximum Gasteiger partial charge on any atom is 0.312 e. The minimum absolute atomic E-state index is 0.0396. The van der Waals surface area contributed by atoms with Crippen LogP contribution in [-0.2, 0) is 9.53 Å². The summed E-state index contributed by atoms with van der Waals surface area (Å²) in [6.45, 7) is 4.54. The smallest absolute Gasteiger partial charge is 0.312 e. The SMILES string of the molecule is COc1ccc(NC(=O)C2(N)C3CCCOC3C2(C)C)cc1[N+](=O)[O-]. The zero-order valence-electron chi connectivity index (χ0n) is 14.6. The lowest BCUT2D eigenvalue weighted by Crippen LogP contribution is -2.81. The van der Waals surface area contributed by atoms with E-state index in [1.165, 1.54) is 19.2 Å². The van der Waals surface area contributed by atoms with Crippen molar-refractivity contribution in [2.45, 2.75) is 38.3 Å². The Morgan fingerprint density at radius 1 is 1.48 bits per heavy atom. The molecule has 0 bridgehead atoms. The van der Waals surface area contributed by atoms with E-state index in [0.717, 1.165) is 12.8 Å². The maximum absolute atomic E-state index is 12.9. The third kappa shape index (κ3) is 2.47. The van der Waals surface area contributed by atoms with E-state index in [2.05, 4.69) is 5.32 Å². The van der Waals surface area contributed by atoms with Gasteiger partial charge in [0.2, 0.25) is 5.91 Å². The summed E-state index contributed by atoms with van der Waals surface area (Å²) in [5, 5.41) is 13.9. The van der Waals surface area contributed by atoms with Crippen molar-refractivity contribution in [3.05, 3.63) is 28.3 Å². The largest absolute Gasteiger partial charge is 0.490 e. The van der Waals surface area contributed by atoms with E-state index in [9.17, 15) is 14.9 Å². The Kier molecular flexibility index (Phi) is 4.20. The molecule has 1 aromatic carbocycles. The molecule has 8 heteroatoms. The van der Waals surface area contributed by atoms with Gasteiger partial charge in [0.25, 0.3) is 0 Å². The first-order valence-corrected chi connectivity index (χ1v) is 8.28. The topological polar surface area (TPSA) is 117 Å². The van der Waals surface area contributed by atoms with Crippen LogP contribution in [0.25, 0.3) is 0 Å². The average molecular weight is 349 g/mol. The van der Waals surface area contributed by atoms with Crippen molar-refractivity contribution in [1.29, 1.82) is 0 Å². The lowest BCUT2D eigenvalue weighted by molar-refractivity contribution is -0.385. The van der Waals surface area contributed by atoms with E-state index in [0.29, 0.717) is 12.3 Å². The van der Waals surface area contributed by atoms with Gasteiger partial charge in [-0.15, -0.1) is 0 Å². The number of hydrogen-bond acceptors (Lipinski definition) is 6. The van der Waals surface area contributed by atoms with Crippen LogP contribution in [0.2, 0.25) is 0 Å². The molecule has 1 aromatic rings. The fraction of sp³-hybridized carbons (Fsp3) is 0.588. The molecule has 1 amide bonds. The molecule has 1 saturated carbocycles. The summed E-state index contributed by atoms with van der Waals surface area (Å²) in [6.07, 6.45) is 1.67. The summed E-state index contributed by atoms with van der Waals surface area (Å²) < 4.78 is 10.8. The number of nitrogens with zero attached hydrogens (tertiary/aromatic N) is 1. The number of benzene rings is 1. The van der Waals surface area contributed by atoms with Crippen molar-refractivity contribution in [1.82, 2.24) is 0 Å². The Hall–Kier alpha value is -2.19. The molecule has 1 aliphatic heterocycles. The van der Waals surface area contributed by atoms with Crippen molar-refractivity contribution in [2.24, 2.45) is 17.1 Å². The molecule has 3 rings (SSSR count). The highest BCUT2D eigenvalue weighted by Crippen LogP contribution is 2.57. The number of nitro benzene ring substituents is 1. The number of hydrogen-bond donors (Lipinski definition) is 2. The molecular weight excluding hydrogens is 326 g/mol. The fourth-order valence-electron chi connectivity index (χ4n) is 4.18. The van der Waals surface area contributed by atoms with Crippen LogP contribution < -0.4 is 15.8 Å². The number of nitrogens with one attached hydrogen (secondary N) is 1. The van der Waals surface area contributed by atoms with E-state index in [-0.39, 0.29) is 29.4 Å². The minimum Gasteiger partial charge on any atom is -0.490 e. The van der Waals surface area contributed by atoms with Gasteiger partial charge in [0.1, 0.15) is 5.54 Å². The fourth-order valence-corrected chi connectivity index (χ4v) is 4.18. The van der Waals surface area contributed by atoms with Crippen LogP contribution >= 0.6 is 0 Å². The minimum atomic E-state index is -1.08. The lowest BCUT2D eigenvalue weighted by atomic mass is 9.46. The Bertz CT molecular complexity index is 720. The number of nitrogens with two attached hydrogens (primary N) is 1. The number of nitro groups is 1. The summed E-state index contributed by atoms with van der Waals surface area (Å²) >= 11 is 0. The highest BCUT2D eigenvalue weighted by atomic mass is 16.6. The standard InChI is InChI=1S/C17H23N3O5/c1-16(2)14-11(5-4-8-25-14)17(16,18)15(21)19-10-6-7-13(24-3)12(9-10)20(22)23/h6-7,9,11,14H,4-5,8,18H2,1-3H3,(H,19,21). The number of ether oxygens (including phenoxy) is 2. The lowest BCUT2D eigenvalue weighted by Gasteiger charge is -2.65. The molecule has 3 N–H and O–H groups in total. The van der Waals surface area contributed by atoms with Crippen LogP contribution in [-0.4, -0.2) is 36.2 Å². The number of amides is 1. The Labute approximate surface area is 145 Å². The van der Waals surface area contributed by atoms with Crippen LogP contribution in [0.15, 0.2) is 18.2 Å². The third-order valence-corrected chi connectivity index (χ3v) is 5.69. The maximum atomic E-state index is 12.9. The molecule has 1 aliphatic carbocycles. The monoisotopic (exact) mass is 349 g/mol. The van der Waals surface area contributed by atoms with Gasteiger partial charge in [-0.25, -0.2) is 0 Å². The van der Waals surface area contributed by atoms with Crippen molar-refractivity contribution >= 4 is 17.3 Å². The first kappa shape index (κ1) is 17.6. The molecule has 2 aliphatic rings. The van der Waals surface area contributed by atoms with Crippen LogP contribution in [0.1, 0.15) is 26.7 Å². The quantitative estimate of drug-likeness (QED) is 0.635. The van der Waals surface area contributed by atoms with Gasteiger partial charge in [-0.3, -0.25) is 14.9 Å². The molecule has 25 heavy (non-hydrogen) atoms. The highest BCUT2D eigenvalue weighted by Gasteiger charge is 2.70. The van der Waals surface area contributed by atoms with Gasteiger partial charge in [0.15, 0.2) is 5.75 Å². The Morgan fingerprint density at radius 3 is 2.84 bits per heavy atom. The molecule has 0 radical (unpaired) electrons.